The number of carbonyl (C=O) groups is 1. The average Bonchev–Trinajstić information content (AvgIpc) is 2.87. The molecule has 1 amide bonds. The fraction of sp³-hybridized carbons (Fsp3) is 0.562. The van der Waals surface area contributed by atoms with Gasteiger partial charge in [-0.1, -0.05) is 42.1 Å². The van der Waals surface area contributed by atoms with E-state index in [9.17, 15) is 4.79 Å². The Labute approximate surface area is 131 Å². The quantitative estimate of drug-likeness (QED) is 0.788. The van der Waals surface area contributed by atoms with Crippen molar-refractivity contribution in [3.63, 3.8) is 0 Å². The van der Waals surface area contributed by atoms with Crippen LogP contribution in [0, 0.1) is 0 Å². The predicted octanol–water partition coefficient (Wildman–Crippen LogP) is 4.72. The first-order valence-electron chi connectivity index (χ1n) is 7.24. The summed E-state index contributed by atoms with van der Waals surface area (Å²) < 4.78 is 0. The van der Waals surface area contributed by atoms with Gasteiger partial charge in [-0.2, -0.15) is 0 Å². The number of carbonyl (C=O) groups excluding carboxylic acids is 1. The molecular formula is C16H21Cl2NO. The zero-order chi connectivity index (χ0) is 14.7. The van der Waals surface area contributed by atoms with Crippen molar-refractivity contribution in [3.05, 3.63) is 33.8 Å². The normalized spacial score (nSPS) is 15.8. The van der Waals surface area contributed by atoms with Gasteiger partial charge in [0.1, 0.15) is 0 Å². The van der Waals surface area contributed by atoms with Crippen molar-refractivity contribution in [2.75, 3.05) is 0 Å². The summed E-state index contributed by atoms with van der Waals surface area (Å²) in [5, 5.41) is 1.14. The van der Waals surface area contributed by atoms with Gasteiger partial charge in [0.05, 0.1) is 6.42 Å². The molecule has 1 aromatic rings. The Kier molecular flexibility index (Phi) is 5.34. The van der Waals surface area contributed by atoms with E-state index in [4.69, 9.17) is 23.2 Å². The van der Waals surface area contributed by atoms with E-state index in [0.717, 1.165) is 18.4 Å². The lowest BCUT2D eigenvalue weighted by molar-refractivity contribution is -0.134. The van der Waals surface area contributed by atoms with Crippen molar-refractivity contribution in [1.29, 1.82) is 0 Å². The van der Waals surface area contributed by atoms with Gasteiger partial charge in [0.2, 0.25) is 5.91 Å². The van der Waals surface area contributed by atoms with Gasteiger partial charge in [-0.05, 0) is 44.4 Å². The topological polar surface area (TPSA) is 20.3 Å². The second-order valence-corrected chi connectivity index (χ2v) is 6.52. The van der Waals surface area contributed by atoms with E-state index in [2.05, 4.69) is 13.8 Å². The van der Waals surface area contributed by atoms with Gasteiger partial charge in [0, 0.05) is 22.1 Å². The van der Waals surface area contributed by atoms with Crippen LogP contribution in [0.4, 0.5) is 0 Å². The highest BCUT2D eigenvalue weighted by Gasteiger charge is 2.29. The summed E-state index contributed by atoms with van der Waals surface area (Å²) in [6, 6.07) is 5.96. The van der Waals surface area contributed by atoms with Crippen LogP contribution in [0.25, 0.3) is 0 Å². The Morgan fingerprint density at radius 2 is 1.80 bits per heavy atom. The van der Waals surface area contributed by atoms with Crippen molar-refractivity contribution < 1.29 is 4.79 Å². The molecule has 1 aromatic carbocycles. The molecule has 1 aliphatic rings. The third kappa shape index (κ3) is 3.48. The maximum absolute atomic E-state index is 12.7. The van der Waals surface area contributed by atoms with Crippen molar-refractivity contribution in [1.82, 2.24) is 4.90 Å². The van der Waals surface area contributed by atoms with Gasteiger partial charge in [0.25, 0.3) is 0 Å². The fourth-order valence-electron chi connectivity index (χ4n) is 3.04. The third-order valence-electron chi connectivity index (χ3n) is 3.95. The molecule has 0 atom stereocenters. The molecule has 20 heavy (non-hydrogen) atoms. The highest BCUT2D eigenvalue weighted by Crippen LogP contribution is 2.29. The minimum Gasteiger partial charge on any atom is -0.337 e. The smallest absolute Gasteiger partial charge is 0.227 e. The zero-order valence-corrected chi connectivity index (χ0v) is 13.5. The molecule has 0 aliphatic heterocycles. The lowest BCUT2D eigenvalue weighted by Gasteiger charge is -2.33. The van der Waals surface area contributed by atoms with Crippen molar-refractivity contribution >= 4 is 29.1 Å². The van der Waals surface area contributed by atoms with Gasteiger partial charge >= 0.3 is 0 Å². The number of nitrogens with zero attached hydrogens (tertiary/aromatic N) is 1. The molecule has 1 fully saturated rings. The molecule has 0 saturated heterocycles. The monoisotopic (exact) mass is 313 g/mol. The molecule has 1 aliphatic carbocycles. The second-order valence-electron chi connectivity index (χ2n) is 5.71. The first-order valence-corrected chi connectivity index (χ1v) is 8.00. The van der Waals surface area contributed by atoms with E-state index >= 15 is 0 Å². The van der Waals surface area contributed by atoms with Crippen LogP contribution >= 0.6 is 23.2 Å². The van der Waals surface area contributed by atoms with Gasteiger partial charge in [-0.3, -0.25) is 4.79 Å². The first-order chi connectivity index (χ1) is 9.50. The second kappa shape index (κ2) is 6.82. The van der Waals surface area contributed by atoms with Crippen molar-refractivity contribution in [2.45, 2.75) is 58.0 Å². The van der Waals surface area contributed by atoms with E-state index in [-0.39, 0.29) is 18.4 Å². The predicted molar refractivity (Wildman–Crippen MR) is 84.4 cm³/mol. The summed E-state index contributed by atoms with van der Waals surface area (Å²) in [6.07, 6.45) is 4.94. The molecule has 110 valence electrons. The summed E-state index contributed by atoms with van der Waals surface area (Å²) in [5.74, 6) is 0.127. The Balaban J connectivity index is 2.16. The lowest BCUT2D eigenvalue weighted by Crippen LogP contribution is -2.44. The number of benzene rings is 1. The molecule has 0 unspecified atom stereocenters. The maximum Gasteiger partial charge on any atom is 0.227 e. The average molecular weight is 314 g/mol. The molecule has 4 heteroatoms. The molecule has 0 spiro atoms. The summed E-state index contributed by atoms with van der Waals surface area (Å²) in [7, 11) is 0. The largest absolute Gasteiger partial charge is 0.337 e. The number of hydrogen-bond acceptors (Lipinski definition) is 1. The van der Waals surface area contributed by atoms with Crippen LogP contribution in [-0.2, 0) is 11.2 Å². The lowest BCUT2D eigenvalue weighted by atomic mass is 10.1. The van der Waals surface area contributed by atoms with Crippen LogP contribution in [0.1, 0.15) is 45.1 Å². The zero-order valence-electron chi connectivity index (χ0n) is 12.0. The number of amides is 1. The van der Waals surface area contributed by atoms with Crippen molar-refractivity contribution in [3.8, 4) is 0 Å². The van der Waals surface area contributed by atoms with E-state index in [0.29, 0.717) is 16.1 Å². The van der Waals surface area contributed by atoms with Gasteiger partial charge in [-0.25, -0.2) is 0 Å². The summed E-state index contributed by atoms with van der Waals surface area (Å²) in [5.41, 5.74) is 0.740. The fourth-order valence-corrected chi connectivity index (χ4v) is 3.57. The number of rotatable bonds is 4. The summed E-state index contributed by atoms with van der Waals surface area (Å²) in [6.45, 7) is 4.15. The maximum atomic E-state index is 12.7. The Morgan fingerprint density at radius 1 is 1.25 bits per heavy atom. The summed E-state index contributed by atoms with van der Waals surface area (Å²) >= 11 is 12.3. The third-order valence-corrected chi connectivity index (χ3v) is 4.66. The molecule has 2 rings (SSSR count). The molecule has 0 heterocycles. The molecular weight excluding hydrogens is 293 g/mol. The van der Waals surface area contributed by atoms with Crippen LogP contribution in [0.3, 0.4) is 0 Å². The summed E-state index contributed by atoms with van der Waals surface area (Å²) in [4.78, 5) is 14.7. The Bertz CT molecular complexity index is 461. The van der Waals surface area contributed by atoms with Crippen LogP contribution in [0.15, 0.2) is 18.2 Å². The van der Waals surface area contributed by atoms with Gasteiger partial charge in [0.15, 0.2) is 0 Å². The van der Waals surface area contributed by atoms with Crippen LogP contribution in [0.5, 0.6) is 0 Å². The molecule has 1 saturated carbocycles. The molecule has 0 radical (unpaired) electrons. The molecule has 0 N–H and O–H groups in total. The molecule has 2 nitrogen and oxygen atoms in total. The number of hydrogen-bond donors (Lipinski definition) is 0. The number of halogens is 2. The van der Waals surface area contributed by atoms with E-state index in [1.165, 1.54) is 12.8 Å². The highest BCUT2D eigenvalue weighted by molar-refractivity contribution is 6.36. The van der Waals surface area contributed by atoms with Crippen molar-refractivity contribution in [2.24, 2.45) is 0 Å². The highest BCUT2D eigenvalue weighted by atomic mass is 35.5. The van der Waals surface area contributed by atoms with Gasteiger partial charge < -0.3 is 4.90 Å². The SMILES string of the molecule is CC(C)N(C(=O)Cc1c(Cl)cccc1Cl)C1CCCC1. The van der Waals surface area contributed by atoms with Crippen LogP contribution in [-0.4, -0.2) is 22.9 Å². The minimum absolute atomic E-state index is 0.127. The molecule has 0 aromatic heterocycles. The van der Waals surface area contributed by atoms with Gasteiger partial charge in [-0.15, -0.1) is 0 Å². The van der Waals surface area contributed by atoms with E-state index < -0.39 is 0 Å². The molecule has 0 bridgehead atoms. The first kappa shape index (κ1) is 15.7. The minimum atomic E-state index is 0.127. The van der Waals surface area contributed by atoms with Crippen LogP contribution in [0.2, 0.25) is 10.0 Å². The van der Waals surface area contributed by atoms with Crippen LogP contribution < -0.4 is 0 Å². The Hall–Kier alpha value is -0.730. The standard InChI is InChI=1S/C16H21Cl2NO/c1-11(2)19(12-6-3-4-7-12)16(20)10-13-14(17)8-5-9-15(13)18/h5,8-9,11-12H,3-4,6-7,10H2,1-2H3. The van der Waals surface area contributed by atoms with E-state index in [1.54, 1.807) is 18.2 Å². The Morgan fingerprint density at radius 3 is 2.30 bits per heavy atom. The van der Waals surface area contributed by atoms with E-state index in [1.807, 2.05) is 4.90 Å².